The third-order valence-corrected chi connectivity index (χ3v) is 2.45. The summed E-state index contributed by atoms with van der Waals surface area (Å²) in [7, 11) is 0. The second-order valence-corrected chi connectivity index (χ2v) is 3.56. The summed E-state index contributed by atoms with van der Waals surface area (Å²) in [6.07, 6.45) is 3.79. The molecule has 1 aliphatic carbocycles. The second-order valence-electron chi connectivity index (χ2n) is 3.56. The van der Waals surface area contributed by atoms with Crippen molar-refractivity contribution >= 4 is 11.9 Å². The van der Waals surface area contributed by atoms with E-state index in [4.69, 9.17) is 5.11 Å². The molecule has 15 heavy (non-hydrogen) atoms. The lowest BCUT2D eigenvalue weighted by Gasteiger charge is -2.19. The Morgan fingerprint density at radius 3 is 2.93 bits per heavy atom. The van der Waals surface area contributed by atoms with Gasteiger partial charge in [0.1, 0.15) is 0 Å². The largest absolute Gasteiger partial charge is 0.477 e. The molecule has 0 aliphatic heterocycles. The van der Waals surface area contributed by atoms with Crippen LogP contribution in [0.5, 0.6) is 0 Å². The van der Waals surface area contributed by atoms with E-state index in [2.05, 4.69) is 9.97 Å². The van der Waals surface area contributed by atoms with Crippen LogP contribution in [-0.4, -0.2) is 33.6 Å². The van der Waals surface area contributed by atoms with Crippen molar-refractivity contribution in [1.82, 2.24) is 9.97 Å². The number of carboxylic acid groups (broad SMARTS) is 1. The third kappa shape index (κ3) is 2.06. The highest BCUT2D eigenvalue weighted by atomic mass is 16.4. The van der Waals surface area contributed by atoms with Crippen LogP contribution in [0.4, 0.5) is 5.95 Å². The van der Waals surface area contributed by atoms with E-state index in [1.165, 1.54) is 12.3 Å². The van der Waals surface area contributed by atoms with E-state index >= 15 is 0 Å². The van der Waals surface area contributed by atoms with Crippen molar-refractivity contribution in [3.63, 3.8) is 0 Å². The second kappa shape index (κ2) is 3.84. The normalized spacial score (nSPS) is 15.0. The average molecular weight is 207 g/mol. The van der Waals surface area contributed by atoms with Crippen LogP contribution < -0.4 is 4.90 Å². The van der Waals surface area contributed by atoms with Gasteiger partial charge in [-0.1, -0.05) is 0 Å². The summed E-state index contributed by atoms with van der Waals surface area (Å²) in [5.41, 5.74) is 0.0547. The Kier molecular flexibility index (Phi) is 2.53. The molecule has 0 amide bonds. The summed E-state index contributed by atoms with van der Waals surface area (Å²) in [5, 5.41) is 8.81. The minimum absolute atomic E-state index is 0.0547. The zero-order valence-electron chi connectivity index (χ0n) is 8.55. The van der Waals surface area contributed by atoms with Gasteiger partial charge < -0.3 is 10.0 Å². The van der Waals surface area contributed by atoms with Crippen molar-refractivity contribution in [2.45, 2.75) is 25.8 Å². The molecular formula is C10H13N3O2. The molecule has 1 aromatic heterocycles. The lowest BCUT2D eigenvalue weighted by Crippen LogP contribution is -2.27. The Hall–Kier alpha value is -1.65. The van der Waals surface area contributed by atoms with Crippen molar-refractivity contribution in [2.24, 2.45) is 0 Å². The highest BCUT2D eigenvalue weighted by Gasteiger charge is 2.29. The molecule has 1 N–H and O–H groups in total. The SMILES string of the molecule is CCN(c1nccc(C(=O)O)n1)C1CC1. The minimum atomic E-state index is -1.01. The summed E-state index contributed by atoms with van der Waals surface area (Å²) >= 11 is 0. The van der Waals surface area contributed by atoms with E-state index in [0.29, 0.717) is 12.0 Å². The van der Waals surface area contributed by atoms with Crippen LogP contribution in [0.15, 0.2) is 12.3 Å². The molecule has 1 saturated carbocycles. The van der Waals surface area contributed by atoms with E-state index < -0.39 is 5.97 Å². The number of nitrogens with zero attached hydrogens (tertiary/aromatic N) is 3. The lowest BCUT2D eigenvalue weighted by atomic mass is 10.4. The Bertz CT molecular complexity index is 377. The molecule has 1 aliphatic rings. The number of hydrogen-bond donors (Lipinski definition) is 1. The predicted octanol–water partition coefficient (Wildman–Crippen LogP) is 1.16. The van der Waals surface area contributed by atoms with Crippen LogP contribution in [0, 0.1) is 0 Å². The van der Waals surface area contributed by atoms with Gasteiger partial charge in [-0.25, -0.2) is 14.8 Å². The highest BCUT2D eigenvalue weighted by molar-refractivity contribution is 5.85. The summed E-state index contributed by atoms with van der Waals surface area (Å²) in [5.74, 6) is -0.481. The summed E-state index contributed by atoms with van der Waals surface area (Å²) < 4.78 is 0. The molecule has 0 aromatic carbocycles. The smallest absolute Gasteiger partial charge is 0.354 e. The van der Waals surface area contributed by atoms with Crippen LogP contribution in [0.2, 0.25) is 0 Å². The summed E-state index contributed by atoms with van der Waals surface area (Å²) in [6, 6.07) is 1.91. The van der Waals surface area contributed by atoms with Gasteiger partial charge in [0.05, 0.1) is 0 Å². The molecule has 80 valence electrons. The van der Waals surface area contributed by atoms with Crippen molar-refractivity contribution in [3.05, 3.63) is 18.0 Å². The maximum atomic E-state index is 10.7. The molecule has 0 bridgehead atoms. The van der Waals surface area contributed by atoms with E-state index in [1.807, 2.05) is 11.8 Å². The maximum absolute atomic E-state index is 10.7. The van der Waals surface area contributed by atoms with Crippen LogP contribution in [0.1, 0.15) is 30.3 Å². The first-order chi connectivity index (χ1) is 7.22. The molecule has 0 unspecified atom stereocenters. The molecule has 0 atom stereocenters. The first-order valence-corrected chi connectivity index (χ1v) is 5.05. The molecule has 0 saturated heterocycles. The quantitative estimate of drug-likeness (QED) is 0.802. The molecule has 0 spiro atoms. The van der Waals surface area contributed by atoms with Gasteiger partial charge in [0, 0.05) is 18.8 Å². The number of carboxylic acids is 1. The van der Waals surface area contributed by atoms with Gasteiger partial charge in [0.25, 0.3) is 0 Å². The van der Waals surface area contributed by atoms with Gasteiger partial charge in [0.15, 0.2) is 5.69 Å². The van der Waals surface area contributed by atoms with E-state index in [9.17, 15) is 4.79 Å². The monoisotopic (exact) mass is 207 g/mol. The molecule has 1 aromatic rings. The van der Waals surface area contributed by atoms with Gasteiger partial charge in [-0.2, -0.15) is 0 Å². The Morgan fingerprint density at radius 1 is 1.67 bits per heavy atom. The predicted molar refractivity (Wildman–Crippen MR) is 55.0 cm³/mol. The van der Waals surface area contributed by atoms with E-state index in [-0.39, 0.29) is 5.69 Å². The molecule has 5 heteroatoms. The summed E-state index contributed by atoms with van der Waals surface area (Å²) in [4.78, 5) is 20.9. The van der Waals surface area contributed by atoms with Gasteiger partial charge >= 0.3 is 5.97 Å². The summed E-state index contributed by atoms with van der Waals surface area (Å²) in [6.45, 7) is 2.84. The molecular weight excluding hydrogens is 194 g/mol. The molecule has 1 fully saturated rings. The van der Waals surface area contributed by atoms with Crippen LogP contribution in [-0.2, 0) is 0 Å². The van der Waals surface area contributed by atoms with E-state index in [1.54, 1.807) is 0 Å². The van der Waals surface area contributed by atoms with Crippen LogP contribution in [0.25, 0.3) is 0 Å². The maximum Gasteiger partial charge on any atom is 0.354 e. The first kappa shape index (κ1) is 9.89. The zero-order chi connectivity index (χ0) is 10.8. The topological polar surface area (TPSA) is 66.3 Å². The number of hydrogen-bond acceptors (Lipinski definition) is 4. The Morgan fingerprint density at radius 2 is 2.40 bits per heavy atom. The minimum Gasteiger partial charge on any atom is -0.477 e. The van der Waals surface area contributed by atoms with Gasteiger partial charge in [-0.3, -0.25) is 0 Å². The van der Waals surface area contributed by atoms with Crippen LogP contribution in [0.3, 0.4) is 0 Å². The first-order valence-electron chi connectivity index (χ1n) is 5.05. The fraction of sp³-hybridized carbons (Fsp3) is 0.500. The zero-order valence-corrected chi connectivity index (χ0v) is 8.55. The molecule has 0 radical (unpaired) electrons. The third-order valence-electron chi connectivity index (χ3n) is 2.45. The highest BCUT2D eigenvalue weighted by Crippen LogP contribution is 2.29. The molecule has 2 rings (SSSR count). The van der Waals surface area contributed by atoms with Gasteiger partial charge in [0.2, 0.25) is 5.95 Å². The molecule has 1 heterocycles. The van der Waals surface area contributed by atoms with Gasteiger partial charge in [-0.05, 0) is 25.8 Å². The van der Waals surface area contributed by atoms with E-state index in [0.717, 1.165) is 19.4 Å². The lowest BCUT2D eigenvalue weighted by molar-refractivity contribution is 0.0690. The number of aromatic carboxylic acids is 1. The molecule has 5 nitrogen and oxygen atoms in total. The van der Waals surface area contributed by atoms with Gasteiger partial charge in [-0.15, -0.1) is 0 Å². The number of carbonyl (C=O) groups is 1. The standard InChI is InChI=1S/C10H13N3O2/c1-2-13(7-3-4-7)10-11-6-5-8(12-10)9(14)15/h5-7H,2-4H2,1H3,(H,14,15). The van der Waals surface area contributed by atoms with Crippen molar-refractivity contribution in [1.29, 1.82) is 0 Å². The van der Waals surface area contributed by atoms with Crippen LogP contribution >= 0.6 is 0 Å². The average Bonchev–Trinajstić information content (AvgIpc) is 3.04. The van der Waals surface area contributed by atoms with Crippen molar-refractivity contribution in [3.8, 4) is 0 Å². The Balaban J connectivity index is 2.26. The van der Waals surface area contributed by atoms with Crippen molar-refractivity contribution < 1.29 is 9.90 Å². The Labute approximate surface area is 87.8 Å². The number of rotatable bonds is 4. The number of anilines is 1. The van der Waals surface area contributed by atoms with Crippen molar-refractivity contribution in [2.75, 3.05) is 11.4 Å². The fourth-order valence-electron chi connectivity index (χ4n) is 1.56. The number of aromatic nitrogens is 2. The fourth-order valence-corrected chi connectivity index (χ4v) is 1.56.